The fraction of sp³-hybridized carbons (Fsp3) is 0.417. The molecule has 0 aliphatic rings. The average Bonchev–Trinajstić information content (AvgIpc) is 2.36. The zero-order valence-electron chi connectivity index (χ0n) is 11.3. The van der Waals surface area contributed by atoms with Crippen molar-refractivity contribution in [3.8, 4) is 0 Å². The van der Waals surface area contributed by atoms with Crippen LogP contribution in [0.1, 0.15) is 23.7 Å². The van der Waals surface area contributed by atoms with Gasteiger partial charge in [0.1, 0.15) is 10.7 Å². The van der Waals surface area contributed by atoms with Crippen LogP contribution in [0.4, 0.5) is 4.39 Å². The maximum Gasteiger partial charge on any atom is 0.262 e. The number of carbonyl (C=O) groups excluding carboxylic acids is 1. The van der Waals surface area contributed by atoms with Gasteiger partial charge in [0, 0.05) is 17.8 Å². The van der Waals surface area contributed by atoms with E-state index in [2.05, 4.69) is 5.32 Å². The number of ether oxygens (including phenoxy) is 1. The summed E-state index contributed by atoms with van der Waals surface area (Å²) in [6.07, 6.45) is 0.565. The third kappa shape index (κ3) is 4.81. The third-order valence-corrected chi connectivity index (χ3v) is 4.51. The van der Waals surface area contributed by atoms with E-state index in [9.17, 15) is 17.6 Å². The second-order valence-electron chi connectivity index (χ2n) is 4.23. The van der Waals surface area contributed by atoms with Crippen molar-refractivity contribution in [2.24, 2.45) is 0 Å². The highest BCUT2D eigenvalue weighted by molar-refractivity contribution is 8.13. The van der Waals surface area contributed by atoms with Gasteiger partial charge in [-0.15, -0.1) is 0 Å². The SMILES string of the molecule is CCC(COC)NC(=O)c1cc(S(=O)(=O)Cl)c(Cl)cc1F. The summed E-state index contributed by atoms with van der Waals surface area (Å²) in [6, 6.07) is 1.23. The van der Waals surface area contributed by atoms with Crippen LogP contribution in [0.25, 0.3) is 0 Å². The maximum absolute atomic E-state index is 13.8. The molecule has 0 bridgehead atoms. The normalized spacial score (nSPS) is 13.0. The minimum atomic E-state index is -4.18. The predicted octanol–water partition coefficient (Wildman–Crippen LogP) is 2.56. The Hall–Kier alpha value is -0.890. The van der Waals surface area contributed by atoms with Gasteiger partial charge in [0.2, 0.25) is 0 Å². The molecule has 118 valence electrons. The molecule has 21 heavy (non-hydrogen) atoms. The largest absolute Gasteiger partial charge is 0.383 e. The molecule has 5 nitrogen and oxygen atoms in total. The highest BCUT2D eigenvalue weighted by Gasteiger charge is 2.22. The standard InChI is InChI=1S/C12H14Cl2FNO4S/c1-3-7(6-20-2)16-12(17)8-4-11(21(14,18)19)9(13)5-10(8)15/h4-5,7H,3,6H2,1-2H3,(H,16,17). The van der Waals surface area contributed by atoms with Crippen molar-refractivity contribution in [2.45, 2.75) is 24.3 Å². The molecule has 0 radical (unpaired) electrons. The molecule has 0 aliphatic carbocycles. The highest BCUT2D eigenvalue weighted by Crippen LogP contribution is 2.27. The molecule has 9 heteroatoms. The van der Waals surface area contributed by atoms with Crippen LogP contribution in [0.2, 0.25) is 5.02 Å². The van der Waals surface area contributed by atoms with Crippen molar-refractivity contribution >= 4 is 37.2 Å². The molecule has 1 atom stereocenters. The molecule has 1 aromatic carbocycles. The Morgan fingerprint density at radius 2 is 2.10 bits per heavy atom. The topological polar surface area (TPSA) is 72.5 Å². The summed E-state index contributed by atoms with van der Waals surface area (Å²) in [5.41, 5.74) is -0.451. The number of hydrogen-bond donors (Lipinski definition) is 1. The van der Waals surface area contributed by atoms with E-state index >= 15 is 0 Å². The summed E-state index contributed by atoms with van der Waals surface area (Å²) in [5.74, 6) is -1.71. The van der Waals surface area contributed by atoms with E-state index in [1.807, 2.05) is 6.92 Å². The maximum atomic E-state index is 13.8. The zero-order valence-corrected chi connectivity index (χ0v) is 13.6. The lowest BCUT2D eigenvalue weighted by atomic mass is 10.1. The smallest absolute Gasteiger partial charge is 0.262 e. The number of amides is 1. The first-order valence-electron chi connectivity index (χ1n) is 5.94. The van der Waals surface area contributed by atoms with Crippen LogP contribution >= 0.6 is 22.3 Å². The van der Waals surface area contributed by atoms with Gasteiger partial charge in [-0.2, -0.15) is 0 Å². The predicted molar refractivity (Wildman–Crippen MR) is 77.9 cm³/mol. The number of halogens is 3. The van der Waals surface area contributed by atoms with Gasteiger partial charge in [-0.05, 0) is 18.6 Å². The van der Waals surface area contributed by atoms with Gasteiger partial charge < -0.3 is 10.1 Å². The van der Waals surface area contributed by atoms with Crippen LogP contribution in [-0.2, 0) is 13.8 Å². The lowest BCUT2D eigenvalue weighted by Crippen LogP contribution is -2.38. The second kappa shape index (κ2) is 7.40. The molecule has 1 rings (SSSR count). The average molecular weight is 358 g/mol. The molecule has 1 N–H and O–H groups in total. The Morgan fingerprint density at radius 1 is 1.48 bits per heavy atom. The second-order valence-corrected chi connectivity index (χ2v) is 7.18. The van der Waals surface area contributed by atoms with E-state index in [-0.39, 0.29) is 17.7 Å². The van der Waals surface area contributed by atoms with Crippen LogP contribution in [-0.4, -0.2) is 34.1 Å². The Bertz CT molecular complexity index is 636. The number of benzene rings is 1. The molecule has 1 aromatic rings. The highest BCUT2D eigenvalue weighted by atomic mass is 35.7. The molecule has 1 amide bonds. The fourth-order valence-electron chi connectivity index (χ4n) is 1.62. The first kappa shape index (κ1) is 18.2. The minimum absolute atomic E-state index is 0.248. The third-order valence-electron chi connectivity index (χ3n) is 2.72. The van der Waals surface area contributed by atoms with E-state index < -0.39 is 31.2 Å². The molecule has 0 fully saturated rings. The molecule has 1 unspecified atom stereocenters. The molecule has 0 aliphatic heterocycles. The molecule has 0 saturated carbocycles. The Kier molecular flexibility index (Phi) is 6.40. The zero-order chi connectivity index (χ0) is 16.2. The number of rotatable bonds is 6. The summed E-state index contributed by atoms with van der Waals surface area (Å²) in [5, 5.41) is 2.15. The fourth-order valence-corrected chi connectivity index (χ4v) is 3.12. The van der Waals surface area contributed by atoms with E-state index in [4.69, 9.17) is 27.0 Å². The van der Waals surface area contributed by atoms with Crippen molar-refractivity contribution in [1.29, 1.82) is 0 Å². The van der Waals surface area contributed by atoms with E-state index in [1.54, 1.807) is 0 Å². The van der Waals surface area contributed by atoms with Crippen LogP contribution in [0, 0.1) is 5.82 Å². The van der Waals surface area contributed by atoms with Gasteiger partial charge in [-0.25, -0.2) is 12.8 Å². The van der Waals surface area contributed by atoms with Crippen molar-refractivity contribution in [3.63, 3.8) is 0 Å². The summed E-state index contributed by atoms with van der Waals surface area (Å²) >= 11 is 5.62. The number of hydrogen-bond acceptors (Lipinski definition) is 4. The van der Waals surface area contributed by atoms with E-state index in [1.165, 1.54) is 7.11 Å². The number of methoxy groups -OCH3 is 1. The lowest BCUT2D eigenvalue weighted by molar-refractivity contribution is 0.0890. The van der Waals surface area contributed by atoms with E-state index in [0.717, 1.165) is 12.1 Å². The van der Waals surface area contributed by atoms with Crippen molar-refractivity contribution in [2.75, 3.05) is 13.7 Å². The molecule has 0 saturated heterocycles. The van der Waals surface area contributed by atoms with E-state index in [0.29, 0.717) is 6.42 Å². The Morgan fingerprint density at radius 3 is 2.57 bits per heavy atom. The molecule has 0 aromatic heterocycles. The molecule has 0 heterocycles. The van der Waals surface area contributed by atoms with Crippen LogP contribution in [0.3, 0.4) is 0 Å². The number of carbonyl (C=O) groups is 1. The van der Waals surface area contributed by atoms with Gasteiger partial charge in [0.15, 0.2) is 0 Å². The summed E-state index contributed by atoms with van der Waals surface area (Å²) in [6.45, 7) is 2.06. The summed E-state index contributed by atoms with van der Waals surface area (Å²) in [7, 11) is 2.48. The molecular weight excluding hydrogens is 344 g/mol. The van der Waals surface area contributed by atoms with Gasteiger partial charge in [0.25, 0.3) is 15.0 Å². The Labute approximate surface area is 131 Å². The van der Waals surface area contributed by atoms with Gasteiger partial charge in [0.05, 0.1) is 23.2 Å². The van der Waals surface area contributed by atoms with Crippen LogP contribution in [0.15, 0.2) is 17.0 Å². The minimum Gasteiger partial charge on any atom is -0.383 e. The lowest BCUT2D eigenvalue weighted by Gasteiger charge is -2.16. The van der Waals surface area contributed by atoms with Crippen molar-refractivity contribution < 1.29 is 22.3 Å². The number of nitrogens with one attached hydrogen (secondary N) is 1. The van der Waals surface area contributed by atoms with Gasteiger partial charge >= 0.3 is 0 Å². The van der Waals surface area contributed by atoms with Crippen molar-refractivity contribution in [3.05, 3.63) is 28.5 Å². The monoisotopic (exact) mass is 357 g/mol. The van der Waals surface area contributed by atoms with Crippen LogP contribution < -0.4 is 5.32 Å². The molecule has 0 spiro atoms. The summed E-state index contributed by atoms with van der Waals surface area (Å²) in [4.78, 5) is 11.5. The first-order chi connectivity index (χ1) is 9.70. The Balaban J connectivity index is 3.15. The van der Waals surface area contributed by atoms with Crippen LogP contribution in [0.5, 0.6) is 0 Å². The molecular formula is C12H14Cl2FNO4S. The van der Waals surface area contributed by atoms with Gasteiger partial charge in [-0.1, -0.05) is 18.5 Å². The quantitative estimate of drug-likeness (QED) is 0.794. The first-order valence-corrected chi connectivity index (χ1v) is 8.63. The van der Waals surface area contributed by atoms with Gasteiger partial charge in [-0.3, -0.25) is 4.79 Å². The summed E-state index contributed by atoms with van der Waals surface area (Å²) < 4.78 is 41.4. The van der Waals surface area contributed by atoms with Crippen molar-refractivity contribution in [1.82, 2.24) is 5.32 Å².